The van der Waals surface area contributed by atoms with Crippen LogP contribution in [-0.2, 0) is 11.3 Å². The normalized spacial score (nSPS) is 10.8. The molecule has 0 aliphatic rings. The van der Waals surface area contributed by atoms with Crippen LogP contribution in [-0.4, -0.2) is 26.4 Å². The van der Waals surface area contributed by atoms with Crippen LogP contribution in [0.5, 0.6) is 0 Å². The number of anilines is 1. The number of halogens is 1. The van der Waals surface area contributed by atoms with Crippen LogP contribution in [0.25, 0.3) is 11.6 Å². The van der Waals surface area contributed by atoms with Gasteiger partial charge in [0.05, 0.1) is 18.6 Å². The number of hydrogen-bond acceptors (Lipinski definition) is 5. The second-order valence-corrected chi connectivity index (χ2v) is 7.14. The molecule has 29 heavy (non-hydrogen) atoms. The molecule has 1 N–H and O–H groups in total. The van der Waals surface area contributed by atoms with Crippen molar-refractivity contribution in [3.8, 4) is 11.6 Å². The van der Waals surface area contributed by atoms with E-state index in [9.17, 15) is 9.18 Å². The lowest BCUT2D eigenvalue weighted by atomic mass is 10.2. The Morgan fingerprint density at radius 2 is 1.93 bits per heavy atom. The lowest BCUT2D eigenvalue weighted by molar-refractivity contribution is -0.113. The molecule has 0 atom stereocenters. The maximum absolute atomic E-state index is 13.3. The molecule has 4 rings (SSSR count). The van der Waals surface area contributed by atoms with Crippen molar-refractivity contribution in [1.82, 2.24) is 14.8 Å². The van der Waals surface area contributed by atoms with E-state index in [1.165, 1.54) is 23.9 Å². The van der Waals surface area contributed by atoms with Crippen molar-refractivity contribution in [3.63, 3.8) is 0 Å². The van der Waals surface area contributed by atoms with Crippen molar-refractivity contribution in [1.29, 1.82) is 0 Å². The summed E-state index contributed by atoms with van der Waals surface area (Å²) in [6, 6.07) is 19.3. The highest BCUT2D eigenvalue weighted by Gasteiger charge is 2.18. The van der Waals surface area contributed by atoms with Gasteiger partial charge in [0.1, 0.15) is 5.82 Å². The second kappa shape index (κ2) is 8.74. The fourth-order valence-corrected chi connectivity index (χ4v) is 3.52. The number of nitrogens with zero attached hydrogens (tertiary/aromatic N) is 3. The number of furan rings is 1. The van der Waals surface area contributed by atoms with E-state index in [0.29, 0.717) is 29.0 Å². The number of benzene rings is 2. The second-order valence-electron chi connectivity index (χ2n) is 6.20. The molecule has 2 heterocycles. The number of hydrogen-bond donors (Lipinski definition) is 1. The highest BCUT2D eigenvalue weighted by Crippen LogP contribution is 2.25. The van der Waals surface area contributed by atoms with Crippen molar-refractivity contribution in [2.75, 3.05) is 11.1 Å². The lowest BCUT2D eigenvalue weighted by Gasteiger charge is -2.09. The van der Waals surface area contributed by atoms with E-state index in [1.54, 1.807) is 24.5 Å². The Bertz CT molecular complexity index is 1100. The summed E-state index contributed by atoms with van der Waals surface area (Å²) in [5.74, 6) is 0.647. The Morgan fingerprint density at radius 1 is 1.07 bits per heavy atom. The van der Waals surface area contributed by atoms with Crippen LogP contribution in [0.1, 0.15) is 5.56 Å². The Hall–Kier alpha value is -3.39. The first-order valence-electron chi connectivity index (χ1n) is 8.88. The van der Waals surface area contributed by atoms with E-state index in [1.807, 2.05) is 41.0 Å². The van der Waals surface area contributed by atoms with Gasteiger partial charge in [0, 0.05) is 5.69 Å². The van der Waals surface area contributed by atoms with Gasteiger partial charge in [0.15, 0.2) is 10.9 Å². The zero-order chi connectivity index (χ0) is 20.1. The summed E-state index contributed by atoms with van der Waals surface area (Å²) in [5.41, 5.74) is 1.49. The smallest absolute Gasteiger partial charge is 0.234 e. The van der Waals surface area contributed by atoms with Crippen molar-refractivity contribution in [2.45, 2.75) is 11.7 Å². The number of rotatable bonds is 7. The van der Waals surface area contributed by atoms with Gasteiger partial charge in [-0.15, -0.1) is 10.2 Å². The van der Waals surface area contributed by atoms with Crippen LogP contribution in [0.3, 0.4) is 0 Å². The molecule has 0 aliphatic carbocycles. The standard InChI is InChI=1S/C21H17FN4O2S/c22-16-8-4-9-17(12-16)23-19(27)14-29-21-25-24-20(18-10-5-11-28-18)26(21)13-15-6-2-1-3-7-15/h1-12H,13-14H2,(H,23,27). The summed E-state index contributed by atoms with van der Waals surface area (Å²) in [7, 11) is 0. The maximum atomic E-state index is 13.3. The number of amides is 1. The Kier molecular flexibility index (Phi) is 5.71. The van der Waals surface area contributed by atoms with Gasteiger partial charge in [0.2, 0.25) is 11.7 Å². The van der Waals surface area contributed by atoms with Gasteiger partial charge in [-0.2, -0.15) is 0 Å². The Balaban J connectivity index is 1.51. The highest BCUT2D eigenvalue weighted by molar-refractivity contribution is 7.99. The first kappa shape index (κ1) is 18.9. The lowest BCUT2D eigenvalue weighted by Crippen LogP contribution is -2.15. The summed E-state index contributed by atoms with van der Waals surface area (Å²) in [6.45, 7) is 0.539. The van der Waals surface area contributed by atoms with Crippen molar-refractivity contribution in [3.05, 3.63) is 84.4 Å². The van der Waals surface area contributed by atoms with Gasteiger partial charge in [-0.1, -0.05) is 48.2 Å². The predicted octanol–water partition coefficient (Wildman–Crippen LogP) is 4.46. The van der Waals surface area contributed by atoms with Crippen LogP contribution in [0.4, 0.5) is 10.1 Å². The van der Waals surface area contributed by atoms with E-state index in [2.05, 4.69) is 15.5 Å². The molecule has 0 unspecified atom stereocenters. The third-order valence-electron chi connectivity index (χ3n) is 4.08. The number of thioether (sulfide) groups is 1. The summed E-state index contributed by atoms with van der Waals surface area (Å²) in [6.07, 6.45) is 1.58. The van der Waals surface area contributed by atoms with Crippen LogP contribution in [0.2, 0.25) is 0 Å². The zero-order valence-electron chi connectivity index (χ0n) is 15.3. The summed E-state index contributed by atoms with van der Waals surface area (Å²) < 4.78 is 20.7. The molecule has 0 fully saturated rings. The third kappa shape index (κ3) is 4.72. The van der Waals surface area contributed by atoms with Gasteiger partial charge in [-0.05, 0) is 35.9 Å². The topological polar surface area (TPSA) is 73.0 Å². The van der Waals surface area contributed by atoms with Crippen molar-refractivity contribution in [2.24, 2.45) is 0 Å². The van der Waals surface area contributed by atoms with Crippen LogP contribution in [0, 0.1) is 5.82 Å². The molecule has 0 aliphatic heterocycles. The van der Waals surface area contributed by atoms with E-state index in [-0.39, 0.29) is 11.7 Å². The van der Waals surface area contributed by atoms with Gasteiger partial charge < -0.3 is 9.73 Å². The van der Waals surface area contributed by atoms with Crippen LogP contribution < -0.4 is 5.32 Å². The van der Waals surface area contributed by atoms with E-state index in [0.717, 1.165) is 5.56 Å². The molecule has 0 saturated heterocycles. The van der Waals surface area contributed by atoms with Gasteiger partial charge in [-0.3, -0.25) is 9.36 Å². The largest absolute Gasteiger partial charge is 0.461 e. The van der Waals surface area contributed by atoms with E-state index >= 15 is 0 Å². The first-order valence-corrected chi connectivity index (χ1v) is 9.87. The first-order chi connectivity index (χ1) is 14.2. The zero-order valence-corrected chi connectivity index (χ0v) is 16.1. The molecule has 4 aromatic rings. The highest BCUT2D eigenvalue weighted by atomic mass is 32.2. The average Bonchev–Trinajstić information content (AvgIpc) is 3.37. The third-order valence-corrected chi connectivity index (χ3v) is 5.05. The number of carbonyl (C=O) groups excluding carboxylic acids is 1. The number of aromatic nitrogens is 3. The molecule has 6 nitrogen and oxygen atoms in total. The van der Waals surface area contributed by atoms with E-state index in [4.69, 9.17) is 4.42 Å². The summed E-state index contributed by atoms with van der Waals surface area (Å²) in [5, 5.41) is 11.8. The minimum absolute atomic E-state index is 0.113. The molecule has 0 spiro atoms. The quantitative estimate of drug-likeness (QED) is 0.457. The van der Waals surface area contributed by atoms with Crippen LogP contribution >= 0.6 is 11.8 Å². The van der Waals surface area contributed by atoms with Gasteiger partial charge >= 0.3 is 0 Å². The van der Waals surface area contributed by atoms with Gasteiger partial charge in [0.25, 0.3) is 0 Å². The fraction of sp³-hybridized carbons (Fsp3) is 0.0952. The number of carbonyl (C=O) groups is 1. The Labute approximate surface area is 170 Å². The minimum Gasteiger partial charge on any atom is -0.461 e. The minimum atomic E-state index is -0.402. The van der Waals surface area contributed by atoms with Crippen LogP contribution in [0.15, 0.2) is 82.6 Å². The Morgan fingerprint density at radius 3 is 2.69 bits per heavy atom. The molecule has 146 valence electrons. The molecule has 0 saturated carbocycles. The number of nitrogens with one attached hydrogen (secondary N) is 1. The summed E-state index contributed by atoms with van der Waals surface area (Å²) in [4.78, 5) is 12.3. The monoisotopic (exact) mass is 408 g/mol. The maximum Gasteiger partial charge on any atom is 0.234 e. The molecule has 0 bridgehead atoms. The molecule has 2 aromatic carbocycles. The van der Waals surface area contributed by atoms with Crippen molar-refractivity contribution < 1.29 is 13.6 Å². The van der Waals surface area contributed by atoms with Gasteiger partial charge in [-0.25, -0.2) is 4.39 Å². The van der Waals surface area contributed by atoms with Crippen molar-refractivity contribution >= 4 is 23.4 Å². The predicted molar refractivity (Wildman–Crippen MR) is 109 cm³/mol. The molecular weight excluding hydrogens is 391 g/mol. The summed E-state index contributed by atoms with van der Waals surface area (Å²) >= 11 is 1.26. The average molecular weight is 408 g/mol. The SMILES string of the molecule is O=C(CSc1nnc(-c2ccco2)n1Cc1ccccc1)Nc1cccc(F)c1. The molecule has 8 heteroatoms. The molecule has 1 amide bonds. The molecular formula is C21H17FN4O2S. The molecule has 2 aromatic heterocycles. The van der Waals surface area contributed by atoms with E-state index < -0.39 is 5.82 Å². The fourth-order valence-electron chi connectivity index (χ4n) is 2.79. The molecule has 0 radical (unpaired) electrons.